The van der Waals surface area contributed by atoms with Gasteiger partial charge in [-0.15, -0.1) is 0 Å². The second kappa shape index (κ2) is 10.4. The van der Waals surface area contributed by atoms with Gasteiger partial charge in [0.15, 0.2) is 0 Å². The first kappa shape index (κ1) is 21.3. The minimum absolute atomic E-state index is 0.204. The van der Waals surface area contributed by atoms with Gasteiger partial charge in [0.05, 0.1) is 6.33 Å². The van der Waals surface area contributed by atoms with Crippen molar-refractivity contribution in [3.8, 4) is 11.5 Å². The van der Waals surface area contributed by atoms with Crippen molar-refractivity contribution >= 4 is 5.91 Å². The van der Waals surface area contributed by atoms with Gasteiger partial charge in [0, 0.05) is 37.6 Å². The van der Waals surface area contributed by atoms with Gasteiger partial charge in [-0.2, -0.15) is 0 Å². The Kier molecular flexibility index (Phi) is 6.92. The fourth-order valence-corrected chi connectivity index (χ4v) is 3.47. The zero-order chi connectivity index (χ0) is 22.2. The predicted octanol–water partition coefficient (Wildman–Crippen LogP) is 5.55. The molecule has 0 aliphatic carbocycles. The van der Waals surface area contributed by atoms with Gasteiger partial charge in [-0.1, -0.05) is 36.4 Å². The Morgan fingerprint density at radius 2 is 1.78 bits per heavy atom. The van der Waals surface area contributed by atoms with Gasteiger partial charge < -0.3 is 14.2 Å². The topological polar surface area (TPSA) is 47.4 Å². The number of imidazole rings is 1. The summed E-state index contributed by atoms with van der Waals surface area (Å²) in [7, 11) is 0. The highest BCUT2D eigenvalue weighted by Gasteiger charge is 2.17. The predicted molar refractivity (Wildman–Crippen MR) is 121 cm³/mol. The average Bonchev–Trinajstić information content (AvgIpc) is 3.32. The molecule has 0 saturated carbocycles. The maximum absolute atomic E-state index is 13.7. The van der Waals surface area contributed by atoms with E-state index in [1.54, 1.807) is 29.6 Å². The molecule has 1 aromatic heterocycles. The summed E-state index contributed by atoms with van der Waals surface area (Å²) in [6, 6.07) is 23.0. The molecule has 1 heterocycles. The molecule has 0 radical (unpaired) electrons. The molecular formula is C26H24FN3O2. The lowest BCUT2D eigenvalue weighted by Crippen LogP contribution is -2.32. The number of aryl methyl sites for hydroxylation is 1. The number of carbonyl (C=O) groups excluding carboxylic acids is 1. The lowest BCUT2D eigenvalue weighted by Gasteiger charge is -2.23. The molecule has 0 aliphatic rings. The smallest absolute Gasteiger partial charge is 0.254 e. The first-order valence-corrected chi connectivity index (χ1v) is 10.5. The number of hydrogen-bond acceptors (Lipinski definition) is 3. The second-order valence-electron chi connectivity index (χ2n) is 7.45. The Morgan fingerprint density at radius 3 is 2.56 bits per heavy atom. The monoisotopic (exact) mass is 429 g/mol. The zero-order valence-electron chi connectivity index (χ0n) is 17.6. The number of benzene rings is 3. The number of rotatable bonds is 9. The summed E-state index contributed by atoms with van der Waals surface area (Å²) in [5.74, 6) is 0.819. The Bertz CT molecular complexity index is 1150. The van der Waals surface area contributed by atoms with Crippen LogP contribution in [-0.4, -0.2) is 26.9 Å². The van der Waals surface area contributed by atoms with Crippen LogP contribution in [0.1, 0.15) is 22.3 Å². The molecule has 5 nitrogen and oxygen atoms in total. The maximum Gasteiger partial charge on any atom is 0.254 e. The summed E-state index contributed by atoms with van der Waals surface area (Å²) in [4.78, 5) is 19.0. The van der Waals surface area contributed by atoms with Gasteiger partial charge >= 0.3 is 0 Å². The van der Waals surface area contributed by atoms with E-state index >= 15 is 0 Å². The van der Waals surface area contributed by atoms with Crippen molar-refractivity contribution in [2.75, 3.05) is 6.54 Å². The molecule has 4 rings (SSSR count). The minimum atomic E-state index is -0.424. The molecule has 0 aliphatic heterocycles. The Balaban J connectivity index is 1.50. The largest absolute Gasteiger partial charge is 0.457 e. The number of hydrogen-bond donors (Lipinski definition) is 0. The average molecular weight is 429 g/mol. The minimum Gasteiger partial charge on any atom is -0.457 e. The first-order valence-electron chi connectivity index (χ1n) is 10.5. The maximum atomic E-state index is 13.7. The van der Waals surface area contributed by atoms with Gasteiger partial charge in [-0.3, -0.25) is 4.79 Å². The molecule has 0 unspecified atom stereocenters. The molecule has 0 bridgehead atoms. The quantitative estimate of drug-likeness (QED) is 0.351. The summed E-state index contributed by atoms with van der Waals surface area (Å²) in [5, 5.41) is 0. The van der Waals surface area contributed by atoms with Crippen LogP contribution >= 0.6 is 0 Å². The summed E-state index contributed by atoms with van der Waals surface area (Å²) in [5.41, 5.74) is 1.27. The van der Waals surface area contributed by atoms with Gasteiger partial charge in [0.2, 0.25) is 0 Å². The highest BCUT2D eigenvalue weighted by atomic mass is 19.1. The number of ether oxygens (including phenoxy) is 1. The van der Waals surface area contributed by atoms with E-state index in [1.165, 1.54) is 12.1 Å². The standard InChI is InChI=1S/C26H24FN3O2/c27-23-9-5-8-22(18-23)26(31)30(15-6-14-29-16-13-28-20-29)19-21-7-4-12-25(17-21)32-24-10-2-1-3-11-24/h1-5,7-13,16-18,20H,6,14-15,19H2. The van der Waals surface area contributed by atoms with Crippen LogP contribution < -0.4 is 4.74 Å². The van der Waals surface area contributed by atoms with E-state index in [4.69, 9.17) is 4.74 Å². The molecule has 0 spiro atoms. The third-order valence-electron chi connectivity index (χ3n) is 5.01. The van der Waals surface area contributed by atoms with E-state index < -0.39 is 5.82 Å². The fraction of sp³-hybridized carbons (Fsp3) is 0.154. The SMILES string of the molecule is O=C(c1cccc(F)c1)N(CCCn1ccnc1)Cc1cccc(Oc2ccccc2)c1. The lowest BCUT2D eigenvalue weighted by molar-refractivity contribution is 0.0738. The van der Waals surface area contributed by atoms with Crippen LogP contribution in [0.4, 0.5) is 4.39 Å². The molecular weight excluding hydrogens is 405 g/mol. The fourth-order valence-electron chi connectivity index (χ4n) is 3.47. The van der Waals surface area contributed by atoms with Crippen molar-refractivity contribution in [2.24, 2.45) is 0 Å². The third kappa shape index (κ3) is 5.82. The van der Waals surface area contributed by atoms with Gasteiger partial charge in [-0.25, -0.2) is 9.37 Å². The van der Waals surface area contributed by atoms with E-state index in [9.17, 15) is 9.18 Å². The van der Waals surface area contributed by atoms with Crippen LogP contribution in [0, 0.1) is 5.82 Å². The van der Waals surface area contributed by atoms with E-state index in [0.717, 1.165) is 24.3 Å². The van der Waals surface area contributed by atoms with Crippen LogP contribution in [-0.2, 0) is 13.1 Å². The Labute approximate surface area is 186 Å². The first-order chi connectivity index (χ1) is 15.7. The third-order valence-corrected chi connectivity index (χ3v) is 5.01. The molecule has 0 saturated heterocycles. The van der Waals surface area contributed by atoms with Crippen LogP contribution in [0.15, 0.2) is 97.6 Å². The lowest BCUT2D eigenvalue weighted by atomic mass is 10.1. The highest BCUT2D eigenvalue weighted by molar-refractivity contribution is 5.94. The number of halogens is 1. The molecule has 0 N–H and O–H groups in total. The molecule has 1 amide bonds. The van der Waals surface area contributed by atoms with Crippen LogP contribution in [0.25, 0.3) is 0 Å². The van der Waals surface area contributed by atoms with Crippen molar-refractivity contribution in [2.45, 2.75) is 19.5 Å². The van der Waals surface area contributed by atoms with Gasteiger partial charge in [0.1, 0.15) is 17.3 Å². The van der Waals surface area contributed by atoms with Crippen LogP contribution in [0.2, 0.25) is 0 Å². The second-order valence-corrected chi connectivity index (χ2v) is 7.45. The van der Waals surface area contributed by atoms with E-state index in [0.29, 0.717) is 24.4 Å². The molecule has 0 atom stereocenters. The summed E-state index contributed by atoms with van der Waals surface area (Å²) in [6.07, 6.45) is 6.12. The van der Waals surface area contributed by atoms with E-state index in [1.807, 2.05) is 65.4 Å². The van der Waals surface area contributed by atoms with Crippen molar-refractivity contribution in [1.82, 2.24) is 14.5 Å². The normalized spacial score (nSPS) is 10.7. The zero-order valence-corrected chi connectivity index (χ0v) is 17.6. The number of para-hydroxylation sites is 1. The van der Waals surface area contributed by atoms with Crippen LogP contribution in [0.5, 0.6) is 11.5 Å². The Morgan fingerprint density at radius 1 is 0.969 bits per heavy atom. The molecule has 32 heavy (non-hydrogen) atoms. The highest BCUT2D eigenvalue weighted by Crippen LogP contribution is 2.23. The van der Waals surface area contributed by atoms with Gasteiger partial charge in [-0.05, 0) is 54.4 Å². The van der Waals surface area contributed by atoms with E-state index in [-0.39, 0.29) is 5.91 Å². The van der Waals surface area contributed by atoms with Crippen molar-refractivity contribution < 1.29 is 13.9 Å². The molecule has 6 heteroatoms. The number of nitrogens with zero attached hydrogens (tertiary/aromatic N) is 3. The number of amides is 1. The van der Waals surface area contributed by atoms with Crippen molar-refractivity contribution in [3.63, 3.8) is 0 Å². The molecule has 4 aromatic rings. The van der Waals surface area contributed by atoms with Crippen molar-refractivity contribution in [1.29, 1.82) is 0 Å². The molecule has 162 valence electrons. The summed E-state index contributed by atoms with van der Waals surface area (Å²) in [6.45, 7) is 1.66. The van der Waals surface area contributed by atoms with Crippen molar-refractivity contribution in [3.05, 3.63) is 115 Å². The number of carbonyl (C=O) groups is 1. The van der Waals surface area contributed by atoms with E-state index in [2.05, 4.69) is 4.98 Å². The molecule has 3 aromatic carbocycles. The molecule has 0 fully saturated rings. The summed E-state index contributed by atoms with van der Waals surface area (Å²) >= 11 is 0. The Hall–Kier alpha value is -3.93. The number of aromatic nitrogens is 2. The van der Waals surface area contributed by atoms with Gasteiger partial charge in [0.25, 0.3) is 5.91 Å². The van der Waals surface area contributed by atoms with Crippen LogP contribution in [0.3, 0.4) is 0 Å². The summed E-state index contributed by atoms with van der Waals surface area (Å²) < 4.78 is 21.6.